The minimum Gasteiger partial charge on any atom is -0.352 e. The summed E-state index contributed by atoms with van der Waals surface area (Å²) in [4.78, 5) is 2.61. The van der Waals surface area contributed by atoms with Crippen LogP contribution in [0.3, 0.4) is 0 Å². The maximum absolute atomic E-state index is 5.24. The van der Waals surface area contributed by atoms with Gasteiger partial charge in [0, 0.05) is 41.1 Å². The number of ether oxygens (including phenoxy) is 2. The number of benzene rings is 2. The highest BCUT2D eigenvalue weighted by atomic mass is 32.2. The predicted molar refractivity (Wildman–Crippen MR) is 91.1 cm³/mol. The van der Waals surface area contributed by atoms with Crippen molar-refractivity contribution in [3.8, 4) is 0 Å². The van der Waals surface area contributed by atoms with Crippen LogP contribution in [0.25, 0.3) is 0 Å². The summed E-state index contributed by atoms with van der Waals surface area (Å²) < 4.78 is 10.5. The fourth-order valence-electron chi connectivity index (χ4n) is 1.93. The van der Waals surface area contributed by atoms with Crippen molar-refractivity contribution in [2.45, 2.75) is 16.1 Å². The first kappa shape index (κ1) is 16.4. The molecule has 0 heterocycles. The fourth-order valence-corrected chi connectivity index (χ4v) is 3.74. The first-order chi connectivity index (χ1) is 10.3. The summed E-state index contributed by atoms with van der Waals surface area (Å²) in [5, 5.41) is 0. The second-order valence-corrected chi connectivity index (χ2v) is 6.72. The minimum absolute atomic E-state index is 0.280. The van der Waals surface area contributed by atoms with Gasteiger partial charge < -0.3 is 9.47 Å². The van der Waals surface area contributed by atoms with E-state index < -0.39 is 0 Å². The third kappa shape index (κ3) is 5.40. The molecular formula is C17H20O2S2. The van der Waals surface area contributed by atoms with Crippen molar-refractivity contribution in [3.05, 3.63) is 60.2 Å². The van der Waals surface area contributed by atoms with Gasteiger partial charge in [-0.2, -0.15) is 0 Å². The van der Waals surface area contributed by atoms with Crippen LogP contribution in [0.4, 0.5) is 0 Å². The highest BCUT2D eigenvalue weighted by Crippen LogP contribution is 2.25. The summed E-state index contributed by atoms with van der Waals surface area (Å²) >= 11 is 3.77. The molecule has 2 aromatic carbocycles. The highest BCUT2D eigenvalue weighted by Gasteiger charge is 2.07. The Bertz CT molecular complexity index is 510. The van der Waals surface area contributed by atoms with Crippen LogP contribution in [0.15, 0.2) is 64.4 Å². The Labute approximate surface area is 135 Å². The molecule has 2 rings (SSSR count). The van der Waals surface area contributed by atoms with Gasteiger partial charge in [-0.15, -0.1) is 23.5 Å². The van der Waals surface area contributed by atoms with E-state index in [4.69, 9.17) is 9.47 Å². The average molecular weight is 320 g/mol. The van der Waals surface area contributed by atoms with E-state index >= 15 is 0 Å². The monoisotopic (exact) mass is 320 g/mol. The SMILES string of the molecule is COC(OC)c1ccc(SCCSc2ccccc2)cc1. The Morgan fingerprint density at radius 3 is 1.81 bits per heavy atom. The van der Waals surface area contributed by atoms with Crippen LogP contribution in [0, 0.1) is 0 Å². The van der Waals surface area contributed by atoms with Gasteiger partial charge in [0.1, 0.15) is 0 Å². The Morgan fingerprint density at radius 2 is 1.29 bits per heavy atom. The molecule has 0 aliphatic carbocycles. The molecule has 0 amide bonds. The smallest absolute Gasteiger partial charge is 0.183 e. The maximum Gasteiger partial charge on any atom is 0.183 e. The molecule has 0 aromatic heterocycles. The van der Waals surface area contributed by atoms with E-state index in [9.17, 15) is 0 Å². The van der Waals surface area contributed by atoms with E-state index in [-0.39, 0.29) is 6.29 Å². The normalized spacial score (nSPS) is 11.0. The fraction of sp³-hybridized carbons (Fsp3) is 0.294. The molecule has 2 aromatic rings. The predicted octanol–water partition coefficient (Wildman–Crippen LogP) is 4.86. The van der Waals surface area contributed by atoms with Crippen LogP contribution < -0.4 is 0 Å². The molecule has 0 atom stereocenters. The Hall–Kier alpha value is -0.940. The summed E-state index contributed by atoms with van der Waals surface area (Å²) in [5.41, 5.74) is 1.04. The number of thioether (sulfide) groups is 2. The van der Waals surface area contributed by atoms with Gasteiger partial charge in [0.2, 0.25) is 0 Å². The van der Waals surface area contributed by atoms with Crippen LogP contribution >= 0.6 is 23.5 Å². The number of hydrogen-bond donors (Lipinski definition) is 0. The summed E-state index contributed by atoms with van der Waals surface area (Å²) in [6, 6.07) is 18.9. The summed E-state index contributed by atoms with van der Waals surface area (Å²) in [6.45, 7) is 0. The van der Waals surface area contributed by atoms with Gasteiger partial charge >= 0.3 is 0 Å². The standard InChI is InChI=1S/C17H20O2S2/c1-18-17(19-2)14-8-10-16(11-9-14)21-13-12-20-15-6-4-3-5-7-15/h3-11,17H,12-13H2,1-2H3. The number of methoxy groups -OCH3 is 2. The molecule has 2 nitrogen and oxygen atoms in total. The van der Waals surface area contributed by atoms with Crippen molar-refractivity contribution in [1.82, 2.24) is 0 Å². The van der Waals surface area contributed by atoms with E-state index in [1.807, 2.05) is 29.6 Å². The minimum atomic E-state index is -0.280. The van der Waals surface area contributed by atoms with Crippen molar-refractivity contribution in [2.75, 3.05) is 25.7 Å². The van der Waals surface area contributed by atoms with Gasteiger partial charge in [0.25, 0.3) is 0 Å². The Balaban J connectivity index is 1.76. The van der Waals surface area contributed by atoms with Gasteiger partial charge in [-0.25, -0.2) is 0 Å². The second-order valence-electron chi connectivity index (χ2n) is 4.38. The maximum atomic E-state index is 5.24. The second kappa shape index (κ2) is 9.15. The van der Waals surface area contributed by atoms with E-state index in [0.717, 1.165) is 17.1 Å². The van der Waals surface area contributed by atoms with Gasteiger partial charge in [-0.05, 0) is 24.3 Å². The molecule has 0 unspecified atom stereocenters. The van der Waals surface area contributed by atoms with Gasteiger partial charge in [0.05, 0.1) is 0 Å². The Morgan fingerprint density at radius 1 is 0.762 bits per heavy atom. The molecular weight excluding hydrogens is 300 g/mol. The van der Waals surface area contributed by atoms with Crippen LogP contribution in [0.1, 0.15) is 11.9 Å². The topological polar surface area (TPSA) is 18.5 Å². The van der Waals surface area contributed by atoms with Crippen molar-refractivity contribution < 1.29 is 9.47 Å². The molecule has 0 saturated heterocycles. The van der Waals surface area contributed by atoms with E-state index in [2.05, 4.69) is 48.5 Å². The highest BCUT2D eigenvalue weighted by molar-refractivity contribution is 8.03. The molecule has 4 heteroatoms. The van der Waals surface area contributed by atoms with Crippen molar-refractivity contribution >= 4 is 23.5 Å². The molecule has 21 heavy (non-hydrogen) atoms. The van der Waals surface area contributed by atoms with E-state index in [1.165, 1.54) is 9.79 Å². The van der Waals surface area contributed by atoms with Crippen LogP contribution in [-0.2, 0) is 9.47 Å². The average Bonchev–Trinajstić information content (AvgIpc) is 2.55. The molecule has 0 N–H and O–H groups in total. The van der Waals surface area contributed by atoms with E-state index in [1.54, 1.807) is 14.2 Å². The molecule has 112 valence electrons. The lowest BCUT2D eigenvalue weighted by atomic mass is 10.2. The zero-order valence-corrected chi connectivity index (χ0v) is 14.0. The third-order valence-electron chi connectivity index (χ3n) is 2.94. The van der Waals surface area contributed by atoms with Crippen LogP contribution in [0.5, 0.6) is 0 Å². The van der Waals surface area contributed by atoms with Gasteiger partial charge in [-0.3, -0.25) is 0 Å². The first-order valence-corrected chi connectivity index (χ1v) is 8.77. The lowest BCUT2D eigenvalue weighted by Crippen LogP contribution is -2.03. The molecule has 0 aliphatic rings. The number of hydrogen-bond acceptors (Lipinski definition) is 4. The molecule has 0 fully saturated rings. The molecule has 0 radical (unpaired) electrons. The lowest BCUT2D eigenvalue weighted by Gasteiger charge is -2.13. The molecule has 0 saturated carbocycles. The Kier molecular flexibility index (Phi) is 7.16. The summed E-state index contributed by atoms with van der Waals surface area (Å²) in [6.07, 6.45) is -0.280. The largest absolute Gasteiger partial charge is 0.352 e. The van der Waals surface area contributed by atoms with Crippen LogP contribution in [-0.4, -0.2) is 25.7 Å². The molecule has 0 bridgehead atoms. The number of rotatable bonds is 8. The zero-order chi connectivity index (χ0) is 14.9. The molecule has 0 spiro atoms. The zero-order valence-electron chi connectivity index (χ0n) is 12.3. The lowest BCUT2D eigenvalue weighted by molar-refractivity contribution is -0.106. The summed E-state index contributed by atoms with van der Waals surface area (Å²) in [7, 11) is 3.30. The molecule has 0 aliphatic heterocycles. The van der Waals surface area contributed by atoms with Gasteiger partial charge in [-0.1, -0.05) is 30.3 Å². The quantitative estimate of drug-likeness (QED) is 0.392. The van der Waals surface area contributed by atoms with Crippen molar-refractivity contribution in [1.29, 1.82) is 0 Å². The summed E-state index contributed by atoms with van der Waals surface area (Å²) in [5.74, 6) is 2.20. The van der Waals surface area contributed by atoms with Crippen molar-refractivity contribution in [2.24, 2.45) is 0 Å². The van der Waals surface area contributed by atoms with Gasteiger partial charge in [0.15, 0.2) is 6.29 Å². The van der Waals surface area contributed by atoms with Crippen LogP contribution in [0.2, 0.25) is 0 Å². The first-order valence-electron chi connectivity index (χ1n) is 6.79. The van der Waals surface area contributed by atoms with E-state index in [0.29, 0.717) is 0 Å². The third-order valence-corrected chi connectivity index (χ3v) is 5.23. The van der Waals surface area contributed by atoms with Crippen molar-refractivity contribution in [3.63, 3.8) is 0 Å².